The van der Waals surface area contributed by atoms with Crippen molar-refractivity contribution in [2.24, 2.45) is 0 Å². The summed E-state index contributed by atoms with van der Waals surface area (Å²) in [6.45, 7) is 6.39. The monoisotopic (exact) mass is 444 g/mol. The van der Waals surface area contributed by atoms with Crippen molar-refractivity contribution >= 4 is 11.0 Å². The summed E-state index contributed by atoms with van der Waals surface area (Å²) in [6.07, 6.45) is 1.97. The lowest BCUT2D eigenvalue weighted by atomic mass is 10.0. The molecular weight excluding hydrogens is 412 g/mol. The molecule has 1 aromatic heterocycles. The third-order valence-electron chi connectivity index (χ3n) is 5.75. The van der Waals surface area contributed by atoms with Crippen molar-refractivity contribution in [2.45, 2.75) is 45.8 Å². The zero-order chi connectivity index (χ0) is 23.0. The van der Waals surface area contributed by atoms with E-state index >= 15 is 0 Å². The van der Waals surface area contributed by atoms with Gasteiger partial charge in [0.25, 0.3) is 0 Å². The highest BCUT2D eigenvalue weighted by atomic mass is 16.5. The Labute approximate surface area is 195 Å². The minimum atomic E-state index is 0.416. The van der Waals surface area contributed by atoms with Gasteiger partial charge in [-0.25, -0.2) is 4.98 Å². The zero-order valence-electron chi connectivity index (χ0n) is 19.7. The van der Waals surface area contributed by atoms with Gasteiger partial charge in [-0.3, -0.25) is 0 Å². The second-order valence-electron chi connectivity index (χ2n) is 8.41. The molecule has 0 bridgehead atoms. The fourth-order valence-corrected chi connectivity index (χ4v) is 3.82. The van der Waals surface area contributed by atoms with Crippen LogP contribution in [-0.2, 0) is 13.2 Å². The van der Waals surface area contributed by atoms with Gasteiger partial charge in [-0.05, 0) is 72.9 Å². The van der Waals surface area contributed by atoms with E-state index in [1.165, 1.54) is 5.56 Å². The number of fused-ring (bicyclic) bond motifs is 1. The molecule has 5 heteroatoms. The summed E-state index contributed by atoms with van der Waals surface area (Å²) >= 11 is 0. The lowest BCUT2D eigenvalue weighted by Gasteiger charge is -2.12. The molecule has 0 aliphatic rings. The number of para-hydroxylation sites is 2. The number of hydrogen-bond donors (Lipinski definition) is 0. The molecule has 172 valence electrons. The van der Waals surface area contributed by atoms with Crippen LogP contribution in [0.25, 0.3) is 11.0 Å². The topological polar surface area (TPSA) is 45.5 Å². The smallest absolute Gasteiger partial charge is 0.147 e. The van der Waals surface area contributed by atoms with Crippen molar-refractivity contribution in [1.82, 2.24) is 9.55 Å². The number of imidazole rings is 1. The fraction of sp³-hybridized carbons (Fsp3) is 0.321. The number of ether oxygens (including phenoxy) is 3. The Morgan fingerprint density at radius 3 is 2.18 bits per heavy atom. The van der Waals surface area contributed by atoms with Crippen LogP contribution in [0.2, 0.25) is 0 Å². The molecule has 0 N–H and O–H groups in total. The van der Waals surface area contributed by atoms with E-state index in [4.69, 9.17) is 19.2 Å². The molecule has 3 aromatic carbocycles. The Hall–Kier alpha value is -3.47. The number of unbranched alkanes of at least 4 members (excludes halogenated alkanes) is 1. The summed E-state index contributed by atoms with van der Waals surface area (Å²) < 4.78 is 19.4. The van der Waals surface area contributed by atoms with Crippen LogP contribution < -0.4 is 14.2 Å². The second kappa shape index (κ2) is 10.9. The summed E-state index contributed by atoms with van der Waals surface area (Å²) in [7, 11) is 1.66. The summed E-state index contributed by atoms with van der Waals surface area (Å²) in [6, 6.07) is 24.3. The van der Waals surface area contributed by atoms with Gasteiger partial charge in [-0.15, -0.1) is 0 Å². The maximum atomic E-state index is 6.01. The third kappa shape index (κ3) is 5.86. The van der Waals surface area contributed by atoms with Gasteiger partial charge in [0.15, 0.2) is 0 Å². The van der Waals surface area contributed by atoms with Crippen LogP contribution in [-0.4, -0.2) is 23.3 Å². The normalized spacial score (nSPS) is 11.2. The number of hydrogen-bond acceptors (Lipinski definition) is 4. The molecular formula is C28H32N2O3. The highest BCUT2D eigenvalue weighted by Gasteiger charge is 2.11. The first-order valence-corrected chi connectivity index (χ1v) is 11.6. The molecule has 0 aliphatic heterocycles. The fourth-order valence-electron chi connectivity index (χ4n) is 3.82. The molecule has 0 fully saturated rings. The molecule has 0 radical (unpaired) electrons. The van der Waals surface area contributed by atoms with E-state index in [2.05, 4.69) is 54.8 Å². The standard InChI is InChI=1S/C28H32N2O3/c1-21(2)22-10-12-24(13-11-22)32-19-7-6-18-30-27-9-5-4-8-26(27)29-28(30)20-33-25-16-14-23(31-3)15-17-25/h4-5,8-17,21H,6-7,18-20H2,1-3H3. The van der Waals surface area contributed by atoms with Crippen molar-refractivity contribution in [2.75, 3.05) is 13.7 Å². The van der Waals surface area contributed by atoms with Gasteiger partial charge in [0.05, 0.1) is 24.8 Å². The Bertz CT molecular complexity index is 1150. The van der Waals surface area contributed by atoms with Crippen molar-refractivity contribution in [1.29, 1.82) is 0 Å². The van der Waals surface area contributed by atoms with Gasteiger partial charge in [0, 0.05) is 6.54 Å². The second-order valence-corrected chi connectivity index (χ2v) is 8.41. The predicted molar refractivity (Wildman–Crippen MR) is 132 cm³/mol. The molecule has 0 amide bonds. The average molecular weight is 445 g/mol. The molecule has 0 atom stereocenters. The Kier molecular flexibility index (Phi) is 7.51. The molecule has 5 nitrogen and oxygen atoms in total. The molecule has 0 aliphatic carbocycles. The molecule has 0 saturated heterocycles. The maximum absolute atomic E-state index is 6.01. The van der Waals surface area contributed by atoms with E-state index in [-0.39, 0.29) is 0 Å². The highest BCUT2D eigenvalue weighted by molar-refractivity contribution is 5.75. The average Bonchev–Trinajstić information content (AvgIpc) is 3.20. The van der Waals surface area contributed by atoms with E-state index in [9.17, 15) is 0 Å². The van der Waals surface area contributed by atoms with E-state index in [1.54, 1.807) is 7.11 Å². The van der Waals surface area contributed by atoms with Gasteiger partial charge in [0.2, 0.25) is 0 Å². The van der Waals surface area contributed by atoms with Crippen molar-refractivity contribution in [3.05, 3.63) is 84.2 Å². The molecule has 4 rings (SSSR count). The maximum Gasteiger partial charge on any atom is 0.147 e. The molecule has 4 aromatic rings. The number of methoxy groups -OCH3 is 1. The lowest BCUT2D eigenvalue weighted by molar-refractivity contribution is 0.284. The summed E-state index contributed by atoms with van der Waals surface area (Å²) in [5.41, 5.74) is 3.46. The summed E-state index contributed by atoms with van der Waals surface area (Å²) in [5, 5.41) is 0. The van der Waals surface area contributed by atoms with Crippen LogP contribution in [0.3, 0.4) is 0 Å². The van der Waals surface area contributed by atoms with Crippen LogP contribution in [0, 0.1) is 0 Å². The Morgan fingerprint density at radius 2 is 1.45 bits per heavy atom. The van der Waals surface area contributed by atoms with Gasteiger partial charge in [-0.2, -0.15) is 0 Å². The van der Waals surface area contributed by atoms with Crippen LogP contribution >= 0.6 is 0 Å². The predicted octanol–water partition coefficient (Wildman–Crippen LogP) is 6.61. The summed E-state index contributed by atoms with van der Waals surface area (Å²) in [4.78, 5) is 4.81. The van der Waals surface area contributed by atoms with E-state index in [1.807, 2.05) is 36.4 Å². The zero-order valence-corrected chi connectivity index (χ0v) is 19.7. The van der Waals surface area contributed by atoms with E-state index in [0.717, 1.165) is 53.5 Å². The summed E-state index contributed by atoms with van der Waals surface area (Å²) in [5.74, 6) is 4.00. The Balaban J connectivity index is 1.34. The quantitative estimate of drug-likeness (QED) is 0.244. The van der Waals surface area contributed by atoms with Gasteiger partial charge >= 0.3 is 0 Å². The number of rotatable bonds is 11. The van der Waals surface area contributed by atoms with Crippen LogP contribution in [0.4, 0.5) is 0 Å². The molecule has 0 saturated carbocycles. The largest absolute Gasteiger partial charge is 0.497 e. The number of nitrogens with zero attached hydrogens (tertiary/aromatic N) is 2. The lowest BCUT2D eigenvalue weighted by Crippen LogP contribution is -2.09. The van der Waals surface area contributed by atoms with Crippen LogP contribution in [0.1, 0.15) is 44.0 Å². The highest BCUT2D eigenvalue weighted by Crippen LogP contribution is 2.22. The van der Waals surface area contributed by atoms with Gasteiger partial charge in [-0.1, -0.05) is 38.1 Å². The number of benzene rings is 3. The van der Waals surface area contributed by atoms with Gasteiger partial charge < -0.3 is 18.8 Å². The van der Waals surface area contributed by atoms with Gasteiger partial charge in [0.1, 0.15) is 29.7 Å². The first-order valence-electron chi connectivity index (χ1n) is 11.6. The molecule has 0 unspecified atom stereocenters. The first-order chi connectivity index (χ1) is 16.1. The van der Waals surface area contributed by atoms with E-state index in [0.29, 0.717) is 19.1 Å². The van der Waals surface area contributed by atoms with Crippen LogP contribution in [0.5, 0.6) is 17.2 Å². The molecule has 1 heterocycles. The van der Waals surface area contributed by atoms with Crippen molar-refractivity contribution in [3.63, 3.8) is 0 Å². The Morgan fingerprint density at radius 1 is 0.788 bits per heavy atom. The number of aryl methyl sites for hydroxylation is 1. The van der Waals surface area contributed by atoms with E-state index < -0.39 is 0 Å². The first kappa shape index (κ1) is 22.7. The van der Waals surface area contributed by atoms with Crippen molar-refractivity contribution in [3.8, 4) is 17.2 Å². The number of aromatic nitrogens is 2. The molecule has 0 spiro atoms. The SMILES string of the molecule is COc1ccc(OCc2nc3ccccc3n2CCCCOc2ccc(C(C)C)cc2)cc1. The molecule has 33 heavy (non-hydrogen) atoms. The van der Waals surface area contributed by atoms with Crippen LogP contribution in [0.15, 0.2) is 72.8 Å². The van der Waals surface area contributed by atoms with Crippen molar-refractivity contribution < 1.29 is 14.2 Å². The third-order valence-corrected chi connectivity index (χ3v) is 5.75. The minimum absolute atomic E-state index is 0.416. The minimum Gasteiger partial charge on any atom is -0.497 e.